The number of nitrogens with zero attached hydrogens (tertiary/aromatic N) is 3. The molecule has 2 aliphatic carbocycles. The van der Waals surface area contributed by atoms with Crippen molar-refractivity contribution in [3.63, 3.8) is 0 Å². The number of piperidine rings is 1. The number of hydrogen-bond donors (Lipinski definition) is 0. The van der Waals surface area contributed by atoms with Gasteiger partial charge in [-0.1, -0.05) is 5.16 Å². The Morgan fingerprint density at radius 3 is 2.86 bits per heavy atom. The third kappa shape index (κ3) is 2.21. The van der Waals surface area contributed by atoms with Crippen molar-refractivity contribution in [2.45, 2.75) is 57.0 Å². The first-order valence-electron chi connectivity index (χ1n) is 7.69. The predicted molar refractivity (Wildman–Crippen MR) is 73.9 cm³/mol. The number of rotatable bonds is 2. The molecule has 1 amide bonds. The number of hydrogen-bond acceptors (Lipinski definition) is 5. The van der Waals surface area contributed by atoms with E-state index in [1.54, 1.807) is 4.90 Å². The van der Waals surface area contributed by atoms with Crippen LogP contribution in [-0.2, 0) is 10.2 Å². The molecule has 2 unspecified atom stereocenters. The minimum atomic E-state index is -0.458. The summed E-state index contributed by atoms with van der Waals surface area (Å²) in [5, 5.41) is 4.10. The van der Waals surface area contributed by atoms with Gasteiger partial charge in [0.25, 0.3) is 0 Å². The van der Waals surface area contributed by atoms with E-state index in [0.29, 0.717) is 18.4 Å². The normalized spacial score (nSPS) is 31.2. The molecule has 114 valence electrons. The second-order valence-electron chi connectivity index (χ2n) is 7.65. The van der Waals surface area contributed by atoms with Crippen LogP contribution in [-0.4, -0.2) is 39.8 Å². The van der Waals surface area contributed by atoms with Gasteiger partial charge in [0.05, 0.1) is 5.41 Å². The molecular formula is C15H21N3O3. The first-order valence-corrected chi connectivity index (χ1v) is 7.69. The highest BCUT2D eigenvalue weighted by atomic mass is 16.6. The summed E-state index contributed by atoms with van der Waals surface area (Å²) < 4.78 is 10.9. The Kier molecular flexibility index (Phi) is 2.49. The van der Waals surface area contributed by atoms with Crippen LogP contribution in [0.5, 0.6) is 0 Å². The van der Waals surface area contributed by atoms with Gasteiger partial charge < -0.3 is 14.2 Å². The van der Waals surface area contributed by atoms with Gasteiger partial charge in [0.15, 0.2) is 5.82 Å². The Bertz CT molecular complexity index is 587. The van der Waals surface area contributed by atoms with Gasteiger partial charge in [0, 0.05) is 19.0 Å². The highest BCUT2D eigenvalue weighted by Crippen LogP contribution is 2.59. The van der Waals surface area contributed by atoms with E-state index in [-0.39, 0.29) is 11.5 Å². The van der Waals surface area contributed by atoms with Gasteiger partial charge >= 0.3 is 6.09 Å². The van der Waals surface area contributed by atoms with E-state index in [0.717, 1.165) is 24.7 Å². The van der Waals surface area contributed by atoms with Crippen LogP contribution < -0.4 is 0 Å². The molecule has 0 aromatic carbocycles. The van der Waals surface area contributed by atoms with Gasteiger partial charge in [0.1, 0.15) is 5.60 Å². The number of carbonyl (C=O) groups excluding carboxylic acids is 1. The maximum atomic E-state index is 12.2. The average Bonchev–Trinajstić information content (AvgIpc) is 3.27. The van der Waals surface area contributed by atoms with Crippen LogP contribution in [0.4, 0.5) is 4.79 Å². The van der Waals surface area contributed by atoms with E-state index in [1.807, 2.05) is 20.8 Å². The zero-order chi connectivity index (χ0) is 14.8. The summed E-state index contributed by atoms with van der Waals surface area (Å²) in [5.41, 5.74) is -0.558. The number of aromatic nitrogens is 2. The molecule has 1 aromatic heterocycles. The number of carbonyl (C=O) groups is 1. The fraction of sp³-hybridized carbons (Fsp3) is 0.800. The van der Waals surface area contributed by atoms with E-state index < -0.39 is 5.60 Å². The molecule has 6 heteroatoms. The molecule has 1 aliphatic heterocycles. The molecular weight excluding hydrogens is 270 g/mol. The van der Waals surface area contributed by atoms with Crippen molar-refractivity contribution >= 4 is 6.09 Å². The number of ether oxygens (including phenoxy) is 1. The van der Waals surface area contributed by atoms with Gasteiger partial charge in [-0.3, -0.25) is 0 Å². The minimum absolute atomic E-state index is 0.100. The molecule has 4 rings (SSSR count). The lowest BCUT2D eigenvalue weighted by atomic mass is 10.1. The summed E-state index contributed by atoms with van der Waals surface area (Å²) in [6, 6.07) is 0. The van der Waals surface area contributed by atoms with Crippen molar-refractivity contribution in [1.82, 2.24) is 15.0 Å². The highest BCUT2D eigenvalue weighted by Gasteiger charge is 2.65. The average molecular weight is 291 g/mol. The molecule has 0 bridgehead atoms. The van der Waals surface area contributed by atoms with E-state index in [2.05, 4.69) is 10.1 Å². The zero-order valence-corrected chi connectivity index (χ0v) is 12.8. The SMILES string of the molecule is CC(C)(C)OC(=O)N1CC2CC2(c2nc(C3CC3)no2)C1. The van der Waals surface area contributed by atoms with E-state index in [9.17, 15) is 4.79 Å². The third-order valence-electron chi connectivity index (χ3n) is 4.61. The Balaban J connectivity index is 1.47. The Morgan fingerprint density at radius 1 is 1.43 bits per heavy atom. The Labute approximate surface area is 123 Å². The Hall–Kier alpha value is -1.59. The molecule has 1 saturated heterocycles. The fourth-order valence-electron chi connectivity index (χ4n) is 3.22. The lowest BCUT2D eigenvalue weighted by molar-refractivity contribution is 0.0268. The van der Waals surface area contributed by atoms with Crippen molar-refractivity contribution in [2.24, 2.45) is 5.92 Å². The van der Waals surface area contributed by atoms with Gasteiger partial charge in [-0.15, -0.1) is 0 Å². The van der Waals surface area contributed by atoms with Crippen LogP contribution in [0.25, 0.3) is 0 Å². The van der Waals surface area contributed by atoms with Crippen molar-refractivity contribution in [3.05, 3.63) is 11.7 Å². The van der Waals surface area contributed by atoms with Crippen LogP contribution in [0.15, 0.2) is 4.52 Å². The molecule has 0 N–H and O–H groups in total. The van der Waals surface area contributed by atoms with Crippen LogP contribution in [0.1, 0.15) is 57.7 Å². The van der Waals surface area contributed by atoms with Crippen molar-refractivity contribution in [3.8, 4) is 0 Å². The summed E-state index contributed by atoms with van der Waals surface area (Å²) in [6.45, 7) is 7.03. The molecule has 2 heterocycles. The molecule has 3 aliphatic rings. The summed E-state index contributed by atoms with van der Waals surface area (Å²) >= 11 is 0. The molecule has 2 saturated carbocycles. The van der Waals surface area contributed by atoms with E-state index in [1.165, 1.54) is 12.8 Å². The molecule has 6 nitrogen and oxygen atoms in total. The topological polar surface area (TPSA) is 68.5 Å². The molecule has 1 aromatic rings. The zero-order valence-electron chi connectivity index (χ0n) is 12.8. The molecule has 0 radical (unpaired) electrons. The first kappa shape index (κ1) is 13.1. The highest BCUT2D eigenvalue weighted by molar-refractivity contribution is 5.69. The third-order valence-corrected chi connectivity index (χ3v) is 4.61. The summed E-state index contributed by atoms with van der Waals surface area (Å²) in [6.07, 6.45) is 3.13. The molecule has 2 atom stereocenters. The van der Waals surface area contributed by atoms with E-state index in [4.69, 9.17) is 9.26 Å². The van der Waals surface area contributed by atoms with Crippen LogP contribution >= 0.6 is 0 Å². The largest absolute Gasteiger partial charge is 0.444 e. The van der Waals surface area contributed by atoms with Crippen LogP contribution in [0.2, 0.25) is 0 Å². The first-order chi connectivity index (χ1) is 9.87. The summed E-state index contributed by atoms with van der Waals surface area (Å²) in [7, 11) is 0. The van der Waals surface area contributed by atoms with Gasteiger partial charge in [0.2, 0.25) is 5.89 Å². The molecule has 3 fully saturated rings. The maximum absolute atomic E-state index is 12.2. The predicted octanol–water partition coefficient (Wildman–Crippen LogP) is 2.46. The monoisotopic (exact) mass is 291 g/mol. The lowest BCUT2D eigenvalue weighted by Gasteiger charge is -2.25. The molecule has 21 heavy (non-hydrogen) atoms. The van der Waals surface area contributed by atoms with Gasteiger partial charge in [-0.2, -0.15) is 4.98 Å². The maximum Gasteiger partial charge on any atom is 0.410 e. The van der Waals surface area contributed by atoms with Crippen molar-refractivity contribution in [1.29, 1.82) is 0 Å². The van der Waals surface area contributed by atoms with Crippen LogP contribution in [0, 0.1) is 5.92 Å². The second kappa shape index (κ2) is 3.99. The lowest BCUT2D eigenvalue weighted by Crippen LogP contribution is -2.37. The van der Waals surface area contributed by atoms with Crippen molar-refractivity contribution < 1.29 is 14.1 Å². The van der Waals surface area contributed by atoms with Gasteiger partial charge in [-0.25, -0.2) is 4.79 Å². The molecule has 0 spiro atoms. The standard InChI is InChI=1S/C15H21N3O3/c1-14(2,3)20-13(19)18-7-10-6-15(10,8-18)12-16-11(17-21-12)9-4-5-9/h9-10H,4-8H2,1-3H3. The summed E-state index contributed by atoms with van der Waals surface area (Å²) in [5.74, 6) is 2.51. The number of likely N-dealkylation sites (tertiary alicyclic amines) is 1. The number of fused-ring (bicyclic) bond motifs is 1. The number of amides is 1. The second-order valence-corrected chi connectivity index (χ2v) is 7.65. The van der Waals surface area contributed by atoms with Crippen molar-refractivity contribution in [2.75, 3.05) is 13.1 Å². The summed E-state index contributed by atoms with van der Waals surface area (Å²) in [4.78, 5) is 18.5. The smallest absolute Gasteiger partial charge is 0.410 e. The minimum Gasteiger partial charge on any atom is -0.444 e. The Morgan fingerprint density at radius 2 is 2.19 bits per heavy atom. The quantitative estimate of drug-likeness (QED) is 0.837. The fourth-order valence-corrected chi connectivity index (χ4v) is 3.22. The van der Waals surface area contributed by atoms with E-state index >= 15 is 0 Å². The van der Waals surface area contributed by atoms with Crippen LogP contribution in [0.3, 0.4) is 0 Å². The van der Waals surface area contributed by atoms with Gasteiger partial charge in [-0.05, 0) is 46.0 Å².